The number of benzene rings is 3. The first-order valence-electron chi connectivity index (χ1n) is 14.4. The zero-order valence-electron chi connectivity index (χ0n) is 23.0. The van der Waals surface area contributed by atoms with E-state index >= 15 is 0 Å². The largest absolute Gasteiger partial charge is 0.508 e. The molecule has 0 saturated heterocycles. The maximum Gasteiger partial charge on any atom is 0.150 e. The highest BCUT2D eigenvalue weighted by molar-refractivity contribution is 5.95. The van der Waals surface area contributed by atoms with Crippen molar-refractivity contribution in [2.45, 2.75) is 77.2 Å². The third kappa shape index (κ3) is 7.98. The van der Waals surface area contributed by atoms with Gasteiger partial charge in [-0.05, 0) is 78.8 Å². The van der Waals surface area contributed by atoms with Crippen LogP contribution in [0.25, 0.3) is 17.2 Å². The Hall–Kier alpha value is -3.53. The highest BCUT2D eigenvalue weighted by Crippen LogP contribution is 2.47. The van der Waals surface area contributed by atoms with Gasteiger partial charge in [-0.15, -0.1) is 0 Å². The third-order valence-electron chi connectivity index (χ3n) is 7.49. The molecule has 0 amide bonds. The van der Waals surface area contributed by atoms with Crippen molar-refractivity contribution in [3.8, 4) is 17.2 Å². The fourth-order valence-electron chi connectivity index (χ4n) is 5.31. The average molecular weight is 529 g/mol. The zero-order chi connectivity index (χ0) is 27.5. The van der Waals surface area contributed by atoms with Crippen molar-refractivity contribution in [2.24, 2.45) is 0 Å². The Balaban J connectivity index is 1.36. The van der Waals surface area contributed by atoms with Crippen LogP contribution in [0.3, 0.4) is 0 Å². The van der Waals surface area contributed by atoms with Gasteiger partial charge in [0.15, 0.2) is 0 Å². The van der Waals surface area contributed by atoms with Crippen LogP contribution in [0.5, 0.6) is 17.2 Å². The first-order valence-corrected chi connectivity index (χ1v) is 14.4. The van der Waals surface area contributed by atoms with E-state index in [4.69, 9.17) is 4.74 Å². The number of phenolic OH excluding ortho intramolecular Hbond substituents is 2. The molecule has 2 N–H and O–H groups in total. The second-order valence-corrected chi connectivity index (χ2v) is 10.5. The summed E-state index contributed by atoms with van der Waals surface area (Å²) < 4.78 is 18.6. The molecule has 0 radical (unpaired) electrons. The Morgan fingerprint density at radius 1 is 0.769 bits per heavy atom. The molecule has 3 aromatic carbocycles. The van der Waals surface area contributed by atoms with Gasteiger partial charge in [-0.2, -0.15) is 0 Å². The molecular weight excluding hydrogens is 487 g/mol. The van der Waals surface area contributed by atoms with Gasteiger partial charge in [0.25, 0.3) is 0 Å². The molecule has 4 heteroatoms. The van der Waals surface area contributed by atoms with Crippen LogP contribution in [0.2, 0.25) is 0 Å². The molecule has 206 valence electrons. The van der Waals surface area contributed by atoms with Crippen LogP contribution < -0.4 is 4.74 Å². The van der Waals surface area contributed by atoms with Crippen LogP contribution in [-0.2, 0) is 0 Å². The Kier molecular flexibility index (Phi) is 10.6. The molecule has 0 aliphatic carbocycles. The second-order valence-electron chi connectivity index (χ2n) is 10.5. The van der Waals surface area contributed by atoms with Gasteiger partial charge in [0.1, 0.15) is 23.4 Å². The van der Waals surface area contributed by atoms with Crippen LogP contribution in [-0.4, -0.2) is 16.9 Å². The summed E-state index contributed by atoms with van der Waals surface area (Å²) in [4.78, 5) is 0. The zero-order valence-corrected chi connectivity index (χ0v) is 23.0. The fourth-order valence-corrected chi connectivity index (χ4v) is 5.31. The van der Waals surface area contributed by atoms with Gasteiger partial charge in [-0.1, -0.05) is 93.5 Å². The predicted octanol–water partition coefficient (Wildman–Crippen LogP) is 10.0. The molecular formula is C35H41FO3. The summed E-state index contributed by atoms with van der Waals surface area (Å²) >= 11 is 0. The lowest BCUT2D eigenvalue weighted by Crippen LogP contribution is -2.16. The number of rotatable bonds is 14. The minimum Gasteiger partial charge on any atom is -0.508 e. The number of hydrogen-bond donors (Lipinski definition) is 2. The SMILES string of the molecule is CC1=C(c2cccc(O)c2)C(c2ccc(/C=C/CCCCCCCCCCCF)cc2)Oc2ccc(O)cc21. The normalized spacial score (nSPS) is 15.0. The van der Waals surface area contributed by atoms with E-state index in [1.54, 1.807) is 24.3 Å². The lowest BCUT2D eigenvalue weighted by atomic mass is 9.86. The Morgan fingerprint density at radius 2 is 1.44 bits per heavy atom. The molecule has 0 spiro atoms. The molecule has 0 saturated carbocycles. The number of alkyl halides is 1. The lowest BCUT2D eigenvalue weighted by molar-refractivity contribution is 0.259. The van der Waals surface area contributed by atoms with Gasteiger partial charge >= 0.3 is 0 Å². The molecule has 1 aliphatic heterocycles. The van der Waals surface area contributed by atoms with Gasteiger partial charge in [0.05, 0.1) is 6.67 Å². The van der Waals surface area contributed by atoms with Gasteiger partial charge in [-0.25, -0.2) is 0 Å². The van der Waals surface area contributed by atoms with E-state index < -0.39 is 0 Å². The predicted molar refractivity (Wildman–Crippen MR) is 160 cm³/mol. The number of ether oxygens (including phenoxy) is 1. The number of halogens is 1. The van der Waals surface area contributed by atoms with E-state index in [2.05, 4.69) is 36.4 Å². The topological polar surface area (TPSA) is 49.7 Å². The molecule has 0 fully saturated rings. The van der Waals surface area contributed by atoms with E-state index in [0.29, 0.717) is 0 Å². The standard InChI is InChI=1S/C35H41FO3/c1-26-32-25-31(38)21-22-33(32)39-35(34(26)29-15-13-16-30(37)24-29)28-19-17-27(18-20-28)14-11-9-7-5-3-2-4-6-8-10-12-23-36/h11,13-22,24-25,35,37-38H,2-10,12,23H2,1H3/b14-11+. The van der Waals surface area contributed by atoms with Crippen molar-refractivity contribution in [1.29, 1.82) is 0 Å². The van der Waals surface area contributed by atoms with Crippen molar-refractivity contribution < 1.29 is 19.3 Å². The molecule has 39 heavy (non-hydrogen) atoms. The second kappa shape index (κ2) is 14.6. The van der Waals surface area contributed by atoms with Crippen LogP contribution in [0.15, 0.2) is 72.8 Å². The minimum atomic E-state index is -0.328. The van der Waals surface area contributed by atoms with E-state index in [-0.39, 0.29) is 24.3 Å². The summed E-state index contributed by atoms with van der Waals surface area (Å²) in [5, 5.41) is 20.2. The first kappa shape index (κ1) is 28.5. The Morgan fingerprint density at radius 3 is 2.13 bits per heavy atom. The van der Waals surface area contributed by atoms with Crippen molar-refractivity contribution in [1.82, 2.24) is 0 Å². The quantitative estimate of drug-likeness (QED) is 0.205. The van der Waals surface area contributed by atoms with E-state index in [1.807, 2.05) is 25.1 Å². The number of phenols is 2. The number of allylic oxidation sites excluding steroid dienone is 2. The number of fused-ring (bicyclic) bond motifs is 1. The van der Waals surface area contributed by atoms with Crippen LogP contribution in [0.4, 0.5) is 4.39 Å². The monoisotopic (exact) mass is 528 g/mol. The Labute approximate surface area is 232 Å². The maximum absolute atomic E-state index is 12.1. The summed E-state index contributed by atoms with van der Waals surface area (Å²) in [5.74, 6) is 1.14. The van der Waals surface area contributed by atoms with Gasteiger partial charge < -0.3 is 14.9 Å². The van der Waals surface area contributed by atoms with Gasteiger partial charge in [0, 0.05) is 11.1 Å². The minimum absolute atomic E-state index is 0.174. The Bertz CT molecular complexity index is 1260. The van der Waals surface area contributed by atoms with Crippen LogP contribution in [0, 0.1) is 0 Å². The molecule has 3 nitrogen and oxygen atoms in total. The lowest BCUT2D eigenvalue weighted by Gasteiger charge is -2.31. The van der Waals surface area contributed by atoms with Gasteiger partial charge in [-0.3, -0.25) is 4.39 Å². The summed E-state index contributed by atoms with van der Waals surface area (Å²) in [5.41, 5.74) is 5.95. The molecule has 1 aliphatic rings. The van der Waals surface area contributed by atoms with E-state index in [0.717, 1.165) is 58.4 Å². The molecule has 1 heterocycles. The van der Waals surface area contributed by atoms with Gasteiger partial charge in [0.2, 0.25) is 0 Å². The van der Waals surface area contributed by atoms with Crippen molar-refractivity contribution in [3.63, 3.8) is 0 Å². The highest BCUT2D eigenvalue weighted by atomic mass is 19.1. The van der Waals surface area contributed by atoms with Crippen molar-refractivity contribution >= 4 is 17.2 Å². The van der Waals surface area contributed by atoms with Crippen molar-refractivity contribution in [2.75, 3.05) is 6.67 Å². The number of hydrogen-bond acceptors (Lipinski definition) is 3. The first-order chi connectivity index (χ1) is 19.1. The molecule has 3 aromatic rings. The molecule has 1 unspecified atom stereocenters. The summed E-state index contributed by atoms with van der Waals surface area (Å²) in [7, 11) is 0. The summed E-state index contributed by atoms with van der Waals surface area (Å²) in [6.07, 6.45) is 15.7. The summed E-state index contributed by atoms with van der Waals surface area (Å²) in [6, 6.07) is 20.9. The third-order valence-corrected chi connectivity index (χ3v) is 7.49. The maximum atomic E-state index is 12.1. The van der Waals surface area contributed by atoms with Crippen LogP contribution >= 0.6 is 0 Å². The fraction of sp³-hybridized carbons (Fsp3) is 0.371. The van der Waals surface area contributed by atoms with Crippen LogP contribution in [0.1, 0.15) is 99.5 Å². The van der Waals surface area contributed by atoms with E-state index in [1.165, 1.54) is 44.9 Å². The average Bonchev–Trinajstić information content (AvgIpc) is 2.94. The number of unbranched alkanes of at least 4 members (excludes halogenated alkanes) is 9. The molecule has 4 rings (SSSR count). The number of aromatic hydroxyl groups is 2. The molecule has 1 atom stereocenters. The molecule has 0 bridgehead atoms. The van der Waals surface area contributed by atoms with E-state index in [9.17, 15) is 14.6 Å². The smallest absolute Gasteiger partial charge is 0.150 e. The molecule has 0 aromatic heterocycles. The van der Waals surface area contributed by atoms with Crippen molar-refractivity contribution in [3.05, 3.63) is 95.1 Å². The summed E-state index contributed by atoms with van der Waals surface area (Å²) in [6.45, 7) is 1.87. The highest BCUT2D eigenvalue weighted by Gasteiger charge is 2.29.